The van der Waals surface area contributed by atoms with E-state index in [1.165, 1.54) is 19.3 Å². The minimum Gasteiger partial charge on any atom is -0.340 e. The number of amides is 1. The standard InChI is InChI=1S/C11H21NO/c1-4-10-7-6-8-12(9(3)13)11(10)5-2/h10-11H,4-8H2,1-3H3. The Morgan fingerprint density at radius 3 is 2.54 bits per heavy atom. The lowest BCUT2D eigenvalue weighted by Crippen LogP contribution is -2.47. The Morgan fingerprint density at radius 1 is 1.38 bits per heavy atom. The zero-order chi connectivity index (χ0) is 9.84. The molecule has 0 saturated carbocycles. The quantitative estimate of drug-likeness (QED) is 0.644. The van der Waals surface area contributed by atoms with Crippen LogP contribution in [0.1, 0.15) is 46.5 Å². The van der Waals surface area contributed by atoms with Gasteiger partial charge in [-0.2, -0.15) is 0 Å². The third-order valence-electron chi connectivity index (χ3n) is 3.27. The van der Waals surface area contributed by atoms with Gasteiger partial charge in [-0.25, -0.2) is 0 Å². The number of carbonyl (C=O) groups is 1. The molecule has 2 unspecified atom stereocenters. The molecule has 0 N–H and O–H groups in total. The molecule has 76 valence electrons. The van der Waals surface area contributed by atoms with Crippen molar-refractivity contribution in [2.75, 3.05) is 6.54 Å². The number of hydrogen-bond donors (Lipinski definition) is 0. The molecule has 13 heavy (non-hydrogen) atoms. The number of likely N-dealkylation sites (tertiary alicyclic amines) is 1. The first-order valence-electron chi connectivity index (χ1n) is 5.47. The van der Waals surface area contributed by atoms with Gasteiger partial charge in [0.1, 0.15) is 0 Å². The van der Waals surface area contributed by atoms with Crippen LogP contribution < -0.4 is 0 Å². The van der Waals surface area contributed by atoms with E-state index in [0.717, 1.165) is 18.9 Å². The summed E-state index contributed by atoms with van der Waals surface area (Å²) in [6, 6.07) is 0.510. The monoisotopic (exact) mass is 183 g/mol. The maximum Gasteiger partial charge on any atom is 0.219 e. The van der Waals surface area contributed by atoms with E-state index in [4.69, 9.17) is 0 Å². The summed E-state index contributed by atoms with van der Waals surface area (Å²) in [4.78, 5) is 13.4. The van der Waals surface area contributed by atoms with Crippen molar-refractivity contribution in [3.8, 4) is 0 Å². The Morgan fingerprint density at radius 2 is 2.08 bits per heavy atom. The summed E-state index contributed by atoms with van der Waals surface area (Å²) in [7, 11) is 0. The lowest BCUT2D eigenvalue weighted by molar-refractivity contribution is -0.134. The lowest BCUT2D eigenvalue weighted by atomic mass is 9.85. The molecule has 1 rings (SSSR count). The van der Waals surface area contributed by atoms with Gasteiger partial charge in [-0.15, -0.1) is 0 Å². The molecule has 2 heteroatoms. The molecule has 0 aromatic carbocycles. The number of hydrogen-bond acceptors (Lipinski definition) is 1. The number of rotatable bonds is 2. The predicted octanol–water partition coefficient (Wildman–Crippen LogP) is 2.43. The summed E-state index contributed by atoms with van der Waals surface area (Å²) in [6.45, 7) is 7.09. The van der Waals surface area contributed by atoms with Gasteiger partial charge in [0.2, 0.25) is 5.91 Å². The van der Waals surface area contributed by atoms with Crippen molar-refractivity contribution in [2.24, 2.45) is 5.92 Å². The molecule has 0 radical (unpaired) electrons. The van der Waals surface area contributed by atoms with Gasteiger partial charge in [0.15, 0.2) is 0 Å². The Balaban J connectivity index is 2.66. The normalized spacial score (nSPS) is 29.0. The SMILES string of the molecule is CCC1CCCN(C(C)=O)C1CC. The van der Waals surface area contributed by atoms with E-state index in [1.807, 2.05) is 0 Å². The predicted molar refractivity (Wildman–Crippen MR) is 54.5 cm³/mol. The molecule has 2 atom stereocenters. The summed E-state index contributed by atoms with van der Waals surface area (Å²) in [5, 5.41) is 0. The first kappa shape index (κ1) is 10.6. The van der Waals surface area contributed by atoms with Crippen molar-refractivity contribution in [1.82, 2.24) is 4.90 Å². The molecule has 1 fully saturated rings. The highest BCUT2D eigenvalue weighted by Gasteiger charge is 2.29. The van der Waals surface area contributed by atoms with E-state index in [9.17, 15) is 4.79 Å². The van der Waals surface area contributed by atoms with Crippen LogP contribution in [0, 0.1) is 5.92 Å². The van der Waals surface area contributed by atoms with Gasteiger partial charge < -0.3 is 4.90 Å². The van der Waals surface area contributed by atoms with E-state index >= 15 is 0 Å². The van der Waals surface area contributed by atoms with Crippen LogP contribution in [-0.2, 0) is 4.79 Å². The highest BCUT2D eigenvalue weighted by molar-refractivity contribution is 5.73. The lowest BCUT2D eigenvalue weighted by Gasteiger charge is -2.40. The third kappa shape index (κ3) is 2.23. The van der Waals surface area contributed by atoms with E-state index in [-0.39, 0.29) is 5.91 Å². The fourth-order valence-electron chi connectivity index (χ4n) is 2.56. The van der Waals surface area contributed by atoms with Gasteiger partial charge >= 0.3 is 0 Å². The Hall–Kier alpha value is -0.530. The topological polar surface area (TPSA) is 20.3 Å². The summed E-state index contributed by atoms with van der Waals surface area (Å²) in [5.74, 6) is 0.993. The van der Waals surface area contributed by atoms with Gasteiger partial charge in [0.25, 0.3) is 0 Å². The van der Waals surface area contributed by atoms with Crippen LogP contribution in [0.5, 0.6) is 0 Å². The molecule has 0 aromatic heterocycles. The molecule has 1 saturated heterocycles. The van der Waals surface area contributed by atoms with Crippen LogP contribution >= 0.6 is 0 Å². The van der Waals surface area contributed by atoms with Gasteiger partial charge in [-0.1, -0.05) is 20.3 Å². The zero-order valence-corrected chi connectivity index (χ0v) is 9.05. The van der Waals surface area contributed by atoms with Crippen molar-refractivity contribution in [1.29, 1.82) is 0 Å². The highest BCUT2D eigenvalue weighted by Crippen LogP contribution is 2.28. The van der Waals surface area contributed by atoms with E-state index in [2.05, 4.69) is 18.7 Å². The van der Waals surface area contributed by atoms with Crippen LogP contribution in [0.25, 0.3) is 0 Å². The van der Waals surface area contributed by atoms with E-state index in [0.29, 0.717) is 6.04 Å². The van der Waals surface area contributed by atoms with Crippen molar-refractivity contribution in [3.05, 3.63) is 0 Å². The smallest absolute Gasteiger partial charge is 0.219 e. The molecule has 0 aromatic rings. The van der Waals surface area contributed by atoms with E-state index in [1.54, 1.807) is 6.92 Å². The molecule has 1 amide bonds. The van der Waals surface area contributed by atoms with Crippen molar-refractivity contribution in [2.45, 2.75) is 52.5 Å². The molecule has 0 spiro atoms. The Labute approximate surface area is 81.3 Å². The highest BCUT2D eigenvalue weighted by atomic mass is 16.2. The van der Waals surface area contributed by atoms with Crippen molar-refractivity contribution < 1.29 is 4.79 Å². The van der Waals surface area contributed by atoms with Crippen LogP contribution in [0.4, 0.5) is 0 Å². The van der Waals surface area contributed by atoms with Gasteiger partial charge in [0, 0.05) is 19.5 Å². The summed E-state index contributed by atoms with van der Waals surface area (Å²) in [5.41, 5.74) is 0. The van der Waals surface area contributed by atoms with Crippen LogP contribution in [-0.4, -0.2) is 23.4 Å². The fraction of sp³-hybridized carbons (Fsp3) is 0.909. The van der Waals surface area contributed by atoms with Crippen molar-refractivity contribution >= 4 is 5.91 Å². The first-order valence-corrected chi connectivity index (χ1v) is 5.47. The summed E-state index contributed by atoms with van der Waals surface area (Å²) < 4.78 is 0. The second kappa shape index (κ2) is 4.64. The van der Waals surface area contributed by atoms with Crippen LogP contribution in [0.3, 0.4) is 0 Å². The number of nitrogens with zero attached hydrogens (tertiary/aromatic N) is 1. The summed E-state index contributed by atoms with van der Waals surface area (Å²) >= 11 is 0. The van der Waals surface area contributed by atoms with Crippen LogP contribution in [0.2, 0.25) is 0 Å². The number of piperidine rings is 1. The first-order chi connectivity index (χ1) is 6.20. The average Bonchev–Trinajstić information content (AvgIpc) is 2.16. The molecule has 1 heterocycles. The van der Waals surface area contributed by atoms with Crippen LogP contribution in [0.15, 0.2) is 0 Å². The third-order valence-corrected chi connectivity index (χ3v) is 3.27. The second-order valence-electron chi connectivity index (χ2n) is 4.00. The molecule has 2 nitrogen and oxygen atoms in total. The maximum absolute atomic E-state index is 11.4. The van der Waals surface area contributed by atoms with Crippen molar-refractivity contribution in [3.63, 3.8) is 0 Å². The van der Waals surface area contributed by atoms with Gasteiger partial charge in [-0.3, -0.25) is 4.79 Å². The molecular formula is C11H21NO. The average molecular weight is 183 g/mol. The Kier molecular flexibility index (Phi) is 3.76. The minimum atomic E-state index is 0.255. The van der Waals surface area contributed by atoms with E-state index < -0.39 is 0 Å². The fourth-order valence-corrected chi connectivity index (χ4v) is 2.56. The molecular weight excluding hydrogens is 162 g/mol. The minimum absolute atomic E-state index is 0.255. The largest absolute Gasteiger partial charge is 0.340 e. The number of carbonyl (C=O) groups excluding carboxylic acids is 1. The molecule has 0 aliphatic carbocycles. The van der Waals surface area contributed by atoms with Gasteiger partial charge in [-0.05, 0) is 25.2 Å². The molecule has 1 aliphatic heterocycles. The Bertz CT molecular complexity index is 179. The second-order valence-corrected chi connectivity index (χ2v) is 4.00. The summed E-state index contributed by atoms with van der Waals surface area (Å²) in [6.07, 6.45) is 4.81. The molecule has 0 bridgehead atoms. The molecule has 1 aliphatic rings. The maximum atomic E-state index is 11.4. The zero-order valence-electron chi connectivity index (χ0n) is 9.05. The van der Waals surface area contributed by atoms with Gasteiger partial charge in [0.05, 0.1) is 0 Å².